The lowest BCUT2D eigenvalue weighted by molar-refractivity contribution is 0.819. The van der Waals surface area contributed by atoms with E-state index in [1.54, 1.807) is 4.57 Å². The highest BCUT2D eigenvalue weighted by Gasteiger charge is 2.11. The van der Waals surface area contributed by atoms with E-state index in [1.165, 1.54) is 11.8 Å². The summed E-state index contributed by atoms with van der Waals surface area (Å²) in [5, 5.41) is 0. The van der Waals surface area contributed by atoms with Crippen LogP contribution < -0.4 is 5.56 Å². The average molecular weight is 278 g/mol. The van der Waals surface area contributed by atoms with Crippen LogP contribution in [-0.4, -0.2) is 15.8 Å². The first kappa shape index (κ1) is 13.1. The zero-order chi connectivity index (χ0) is 13.1. The van der Waals surface area contributed by atoms with Crippen LogP contribution in [0.2, 0.25) is 0 Å². The summed E-state index contributed by atoms with van der Waals surface area (Å²) < 4.78 is 1.99. The molecular weight excluding hydrogens is 264 g/mol. The summed E-state index contributed by atoms with van der Waals surface area (Å²) in [6, 6.07) is 9.45. The van der Waals surface area contributed by atoms with E-state index in [0.29, 0.717) is 4.77 Å². The number of aryl methyl sites for hydroxylation is 1. The van der Waals surface area contributed by atoms with Crippen molar-refractivity contribution in [3.8, 4) is 5.69 Å². The maximum absolute atomic E-state index is 12.5. The van der Waals surface area contributed by atoms with Crippen LogP contribution >= 0.6 is 24.0 Å². The Morgan fingerprint density at radius 2 is 2.00 bits per heavy atom. The van der Waals surface area contributed by atoms with E-state index in [4.69, 9.17) is 12.2 Å². The van der Waals surface area contributed by atoms with Gasteiger partial charge in [-0.15, -0.1) is 11.8 Å². The number of rotatable bonds is 3. The Labute approximate surface area is 115 Å². The minimum absolute atomic E-state index is 0.0469. The monoisotopic (exact) mass is 278 g/mol. The molecule has 0 aliphatic heterocycles. The second kappa shape index (κ2) is 5.54. The summed E-state index contributed by atoms with van der Waals surface area (Å²) in [4.78, 5) is 16.3. The van der Waals surface area contributed by atoms with E-state index >= 15 is 0 Å². The molecule has 0 aliphatic rings. The van der Waals surface area contributed by atoms with E-state index in [9.17, 15) is 4.79 Å². The van der Waals surface area contributed by atoms with Crippen LogP contribution in [0.4, 0.5) is 0 Å². The summed E-state index contributed by atoms with van der Waals surface area (Å²) in [5.74, 6) is 0. The zero-order valence-electron chi connectivity index (χ0n) is 10.3. The summed E-state index contributed by atoms with van der Waals surface area (Å²) in [6.45, 7) is 2.01. The van der Waals surface area contributed by atoms with Gasteiger partial charge in [0.1, 0.15) is 0 Å². The Bertz CT molecular complexity index is 659. The minimum Gasteiger partial charge on any atom is -0.334 e. The molecule has 0 spiro atoms. The normalized spacial score (nSPS) is 10.6. The molecular formula is C13H14N2OS2. The summed E-state index contributed by atoms with van der Waals surface area (Å²) in [7, 11) is 0. The molecule has 18 heavy (non-hydrogen) atoms. The van der Waals surface area contributed by atoms with Gasteiger partial charge < -0.3 is 4.98 Å². The van der Waals surface area contributed by atoms with Gasteiger partial charge in [0.2, 0.25) is 0 Å². The molecule has 1 aromatic heterocycles. The molecule has 1 N–H and O–H groups in total. The lowest BCUT2D eigenvalue weighted by atomic mass is 10.3. The molecule has 94 valence electrons. The standard InChI is InChI=1S/C13H14N2OS2/c1-3-10-11(18-2)12(16)15(13(17)14-10)9-7-5-4-6-8-9/h4-8H,3H2,1-2H3,(H,14,17). The van der Waals surface area contributed by atoms with Crippen molar-refractivity contribution < 1.29 is 0 Å². The molecule has 0 aliphatic carbocycles. The molecule has 2 aromatic rings. The Morgan fingerprint density at radius 1 is 1.33 bits per heavy atom. The van der Waals surface area contributed by atoms with E-state index in [-0.39, 0.29) is 5.56 Å². The van der Waals surface area contributed by atoms with Crippen LogP contribution in [0.5, 0.6) is 0 Å². The van der Waals surface area contributed by atoms with Crippen LogP contribution in [0.1, 0.15) is 12.6 Å². The van der Waals surface area contributed by atoms with E-state index < -0.39 is 0 Å². The minimum atomic E-state index is -0.0469. The number of aromatic amines is 1. The number of nitrogens with one attached hydrogen (secondary N) is 1. The Balaban J connectivity index is 2.78. The van der Waals surface area contributed by atoms with Crippen molar-refractivity contribution >= 4 is 24.0 Å². The summed E-state index contributed by atoms with van der Waals surface area (Å²) in [5.41, 5.74) is 1.65. The first-order valence-corrected chi connectivity index (χ1v) is 7.30. The Hall–Kier alpha value is -1.33. The van der Waals surface area contributed by atoms with Crippen LogP contribution in [0.15, 0.2) is 40.0 Å². The molecule has 1 aromatic carbocycles. The lowest BCUT2D eigenvalue weighted by Gasteiger charge is -2.11. The number of nitrogens with zero attached hydrogens (tertiary/aromatic N) is 1. The Kier molecular flexibility index (Phi) is 4.04. The smallest absolute Gasteiger partial charge is 0.272 e. The number of benzene rings is 1. The van der Waals surface area contributed by atoms with Gasteiger partial charge in [0.05, 0.1) is 10.6 Å². The zero-order valence-corrected chi connectivity index (χ0v) is 11.9. The first-order chi connectivity index (χ1) is 8.69. The van der Waals surface area contributed by atoms with Crippen LogP contribution in [0.3, 0.4) is 0 Å². The third-order valence-corrected chi connectivity index (χ3v) is 3.82. The van der Waals surface area contributed by atoms with Crippen molar-refractivity contribution in [3.05, 3.63) is 51.2 Å². The largest absolute Gasteiger partial charge is 0.334 e. The van der Waals surface area contributed by atoms with E-state index in [2.05, 4.69) is 4.98 Å². The summed E-state index contributed by atoms with van der Waals surface area (Å²) in [6.07, 6.45) is 2.67. The van der Waals surface area contributed by atoms with Gasteiger partial charge in [-0.2, -0.15) is 0 Å². The topological polar surface area (TPSA) is 37.8 Å². The fraction of sp³-hybridized carbons (Fsp3) is 0.231. The average Bonchev–Trinajstić information content (AvgIpc) is 2.39. The number of aromatic nitrogens is 2. The van der Waals surface area contributed by atoms with Crippen LogP contribution in [-0.2, 0) is 6.42 Å². The first-order valence-electron chi connectivity index (χ1n) is 5.66. The third-order valence-electron chi connectivity index (χ3n) is 2.70. The second-order valence-electron chi connectivity index (χ2n) is 3.77. The van der Waals surface area contributed by atoms with Gasteiger partial charge in [0.25, 0.3) is 5.56 Å². The van der Waals surface area contributed by atoms with Gasteiger partial charge >= 0.3 is 0 Å². The molecule has 0 atom stereocenters. The lowest BCUT2D eigenvalue weighted by Crippen LogP contribution is -2.23. The number of hydrogen-bond donors (Lipinski definition) is 1. The molecule has 0 fully saturated rings. The van der Waals surface area contributed by atoms with Crippen molar-refractivity contribution in [3.63, 3.8) is 0 Å². The highest BCUT2D eigenvalue weighted by Crippen LogP contribution is 2.16. The maximum Gasteiger partial charge on any atom is 0.272 e. The highest BCUT2D eigenvalue weighted by molar-refractivity contribution is 7.98. The summed E-state index contributed by atoms with van der Waals surface area (Å²) >= 11 is 6.73. The molecule has 0 amide bonds. The van der Waals surface area contributed by atoms with Crippen LogP contribution in [0, 0.1) is 4.77 Å². The molecule has 1 heterocycles. The van der Waals surface area contributed by atoms with E-state index in [0.717, 1.165) is 22.7 Å². The number of thioether (sulfide) groups is 1. The maximum atomic E-state index is 12.5. The molecule has 2 rings (SSSR count). The van der Waals surface area contributed by atoms with Gasteiger partial charge in [0.15, 0.2) is 4.77 Å². The number of H-pyrrole nitrogens is 1. The predicted octanol–water partition coefficient (Wildman–Crippen LogP) is 3.18. The molecule has 3 nitrogen and oxygen atoms in total. The van der Waals surface area contributed by atoms with Crippen LogP contribution in [0.25, 0.3) is 5.69 Å². The van der Waals surface area contributed by atoms with Gasteiger partial charge in [0, 0.05) is 5.69 Å². The molecule has 0 bridgehead atoms. The second-order valence-corrected chi connectivity index (χ2v) is 4.97. The van der Waals surface area contributed by atoms with E-state index in [1.807, 2.05) is 43.5 Å². The number of para-hydroxylation sites is 1. The van der Waals surface area contributed by atoms with Crippen molar-refractivity contribution in [2.75, 3.05) is 6.26 Å². The van der Waals surface area contributed by atoms with Crippen molar-refractivity contribution in [2.45, 2.75) is 18.2 Å². The molecule has 0 saturated heterocycles. The number of hydrogen-bond acceptors (Lipinski definition) is 3. The van der Waals surface area contributed by atoms with Gasteiger partial charge in [-0.1, -0.05) is 25.1 Å². The SMILES string of the molecule is CCc1[nH]c(=S)n(-c2ccccc2)c(=O)c1SC. The highest BCUT2D eigenvalue weighted by atomic mass is 32.2. The third kappa shape index (κ3) is 2.28. The molecule has 0 saturated carbocycles. The predicted molar refractivity (Wildman–Crippen MR) is 78.4 cm³/mol. The molecule has 0 radical (unpaired) electrons. The fourth-order valence-corrected chi connectivity index (χ4v) is 2.85. The molecule has 5 heteroatoms. The van der Waals surface area contributed by atoms with Gasteiger partial charge in [-0.05, 0) is 37.0 Å². The van der Waals surface area contributed by atoms with Crippen molar-refractivity contribution in [2.24, 2.45) is 0 Å². The fourth-order valence-electron chi connectivity index (χ4n) is 1.84. The quantitative estimate of drug-likeness (QED) is 0.692. The molecule has 0 unspecified atom stereocenters. The van der Waals surface area contributed by atoms with Gasteiger partial charge in [-0.25, -0.2) is 0 Å². The Morgan fingerprint density at radius 3 is 2.56 bits per heavy atom. The van der Waals surface area contributed by atoms with Crippen molar-refractivity contribution in [1.29, 1.82) is 0 Å². The van der Waals surface area contributed by atoms with Gasteiger partial charge in [-0.3, -0.25) is 9.36 Å². The van der Waals surface area contributed by atoms with Crippen molar-refractivity contribution in [1.82, 2.24) is 9.55 Å².